The van der Waals surface area contributed by atoms with Crippen molar-refractivity contribution in [3.63, 3.8) is 0 Å². The summed E-state index contributed by atoms with van der Waals surface area (Å²) >= 11 is 0. The fraction of sp³-hybridized carbons (Fsp3) is 0.600. The highest BCUT2D eigenvalue weighted by molar-refractivity contribution is 5.80. The molecule has 0 aromatic carbocycles. The lowest BCUT2D eigenvalue weighted by Gasteiger charge is -2.14. The molecule has 1 aliphatic rings. The number of nitrogen functional groups attached to an aromatic ring is 1. The highest BCUT2D eigenvalue weighted by Crippen LogP contribution is 2.35. The van der Waals surface area contributed by atoms with Crippen molar-refractivity contribution in [2.24, 2.45) is 5.92 Å². The molecule has 3 atom stereocenters. The second-order valence-electron chi connectivity index (χ2n) is 4.62. The number of nitrogens with zero attached hydrogens (tertiary/aromatic N) is 5. The summed E-state index contributed by atoms with van der Waals surface area (Å²) in [5.74, 6) is 0.362. The average molecular weight is 250 g/mol. The molecule has 0 bridgehead atoms. The van der Waals surface area contributed by atoms with Crippen molar-refractivity contribution < 1.29 is 10.2 Å². The van der Waals surface area contributed by atoms with E-state index in [2.05, 4.69) is 20.3 Å². The van der Waals surface area contributed by atoms with Gasteiger partial charge in [-0.25, -0.2) is 14.6 Å². The van der Waals surface area contributed by atoms with Crippen LogP contribution in [0.5, 0.6) is 0 Å². The third-order valence-corrected chi connectivity index (χ3v) is 3.46. The first-order valence-corrected chi connectivity index (χ1v) is 5.81. The number of hydrogen-bond acceptors (Lipinski definition) is 7. The molecule has 0 saturated heterocycles. The van der Waals surface area contributed by atoms with E-state index in [-0.39, 0.29) is 24.4 Å². The Morgan fingerprint density at radius 2 is 2.22 bits per heavy atom. The van der Waals surface area contributed by atoms with Crippen molar-refractivity contribution in [1.29, 1.82) is 0 Å². The number of rotatable bonds is 2. The van der Waals surface area contributed by atoms with Gasteiger partial charge in [-0.15, -0.1) is 5.10 Å². The molecule has 0 spiro atoms. The fourth-order valence-corrected chi connectivity index (χ4v) is 2.51. The van der Waals surface area contributed by atoms with Gasteiger partial charge >= 0.3 is 0 Å². The summed E-state index contributed by atoms with van der Waals surface area (Å²) < 4.78 is 1.58. The minimum absolute atomic E-state index is 0.0668. The number of fused-ring (bicyclic) bond motifs is 1. The molecule has 1 saturated carbocycles. The highest BCUT2D eigenvalue weighted by atomic mass is 16.3. The normalized spacial score (nSPS) is 28.0. The zero-order chi connectivity index (χ0) is 12.7. The third-order valence-electron chi connectivity index (χ3n) is 3.46. The van der Waals surface area contributed by atoms with Gasteiger partial charge in [-0.3, -0.25) is 0 Å². The first kappa shape index (κ1) is 11.3. The lowest BCUT2D eigenvalue weighted by atomic mass is 10.1. The Labute approximate surface area is 102 Å². The molecule has 2 aromatic rings. The first-order valence-electron chi connectivity index (χ1n) is 5.81. The van der Waals surface area contributed by atoms with Crippen LogP contribution in [0.1, 0.15) is 18.9 Å². The maximum absolute atomic E-state index is 10.0. The van der Waals surface area contributed by atoms with E-state index >= 15 is 0 Å². The van der Waals surface area contributed by atoms with Crippen LogP contribution in [0.3, 0.4) is 0 Å². The van der Waals surface area contributed by atoms with Crippen LogP contribution in [0, 0.1) is 5.92 Å². The predicted octanol–water partition coefficient (Wildman–Crippen LogP) is -0.892. The van der Waals surface area contributed by atoms with Crippen molar-refractivity contribution in [2.75, 3.05) is 12.3 Å². The van der Waals surface area contributed by atoms with E-state index < -0.39 is 6.10 Å². The molecule has 96 valence electrons. The maximum atomic E-state index is 10.0. The summed E-state index contributed by atoms with van der Waals surface area (Å²) in [5.41, 5.74) is 6.65. The predicted molar refractivity (Wildman–Crippen MR) is 62.4 cm³/mol. The molecule has 0 amide bonds. The molecule has 1 aliphatic carbocycles. The van der Waals surface area contributed by atoms with E-state index in [1.54, 1.807) is 4.68 Å². The Hall–Kier alpha value is -1.80. The van der Waals surface area contributed by atoms with Gasteiger partial charge in [0.2, 0.25) is 0 Å². The molecule has 0 radical (unpaired) electrons. The smallest absolute Gasteiger partial charge is 0.184 e. The summed E-state index contributed by atoms with van der Waals surface area (Å²) in [4.78, 5) is 7.95. The number of anilines is 1. The van der Waals surface area contributed by atoms with E-state index in [4.69, 9.17) is 10.8 Å². The van der Waals surface area contributed by atoms with Crippen molar-refractivity contribution >= 4 is 17.0 Å². The largest absolute Gasteiger partial charge is 0.396 e. The van der Waals surface area contributed by atoms with E-state index in [9.17, 15) is 5.11 Å². The van der Waals surface area contributed by atoms with Gasteiger partial charge in [0.25, 0.3) is 0 Å². The summed E-state index contributed by atoms with van der Waals surface area (Å²) in [5, 5.41) is 27.1. The fourth-order valence-electron chi connectivity index (χ4n) is 2.51. The SMILES string of the molecule is Nc1ncnc2c1nnn2C1CC(CO)CC1O. The Kier molecular flexibility index (Phi) is 2.60. The minimum Gasteiger partial charge on any atom is -0.396 e. The van der Waals surface area contributed by atoms with Gasteiger partial charge in [0.05, 0.1) is 12.1 Å². The molecular formula is C10H14N6O2. The zero-order valence-corrected chi connectivity index (χ0v) is 9.64. The molecule has 8 heteroatoms. The van der Waals surface area contributed by atoms with Gasteiger partial charge in [0, 0.05) is 6.61 Å². The summed E-state index contributed by atoms with van der Waals surface area (Å²) in [6, 6.07) is -0.221. The minimum atomic E-state index is -0.553. The Morgan fingerprint density at radius 3 is 2.94 bits per heavy atom. The monoisotopic (exact) mass is 250 g/mol. The van der Waals surface area contributed by atoms with Gasteiger partial charge in [-0.05, 0) is 18.8 Å². The molecule has 8 nitrogen and oxygen atoms in total. The summed E-state index contributed by atoms with van der Waals surface area (Å²) in [6.45, 7) is 0.0668. The number of aliphatic hydroxyl groups excluding tert-OH is 2. The number of nitrogens with two attached hydrogens (primary N) is 1. The second-order valence-corrected chi connectivity index (χ2v) is 4.62. The molecule has 4 N–H and O–H groups in total. The summed E-state index contributed by atoms with van der Waals surface area (Å²) in [7, 11) is 0. The van der Waals surface area contributed by atoms with E-state index in [0.717, 1.165) is 0 Å². The highest BCUT2D eigenvalue weighted by Gasteiger charge is 2.35. The molecule has 0 aliphatic heterocycles. The molecule has 3 rings (SSSR count). The van der Waals surface area contributed by atoms with E-state index in [1.165, 1.54) is 6.33 Å². The Bertz CT molecular complexity index is 570. The molecular weight excluding hydrogens is 236 g/mol. The van der Waals surface area contributed by atoms with Crippen LogP contribution in [0.4, 0.5) is 5.82 Å². The second kappa shape index (κ2) is 4.14. The molecule has 3 unspecified atom stereocenters. The lowest BCUT2D eigenvalue weighted by Crippen LogP contribution is -2.19. The van der Waals surface area contributed by atoms with Crippen LogP contribution in [-0.2, 0) is 0 Å². The van der Waals surface area contributed by atoms with Gasteiger partial charge in [0.1, 0.15) is 6.33 Å². The number of aliphatic hydroxyl groups is 2. The van der Waals surface area contributed by atoms with Crippen LogP contribution >= 0.6 is 0 Å². The van der Waals surface area contributed by atoms with Crippen LogP contribution in [0.25, 0.3) is 11.2 Å². The number of aromatic nitrogens is 5. The Morgan fingerprint density at radius 1 is 1.39 bits per heavy atom. The maximum Gasteiger partial charge on any atom is 0.184 e. The topological polar surface area (TPSA) is 123 Å². The summed E-state index contributed by atoms with van der Waals surface area (Å²) in [6.07, 6.45) is 2.01. The van der Waals surface area contributed by atoms with Crippen LogP contribution in [-0.4, -0.2) is 47.9 Å². The van der Waals surface area contributed by atoms with E-state index in [0.29, 0.717) is 24.0 Å². The average Bonchev–Trinajstić information content (AvgIpc) is 2.93. The number of hydrogen-bond donors (Lipinski definition) is 3. The van der Waals surface area contributed by atoms with Crippen molar-refractivity contribution in [1.82, 2.24) is 25.0 Å². The Balaban J connectivity index is 2.02. The van der Waals surface area contributed by atoms with Crippen LogP contribution < -0.4 is 5.73 Å². The molecule has 2 heterocycles. The standard InChI is InChI=1S/C10H14N6O2/c11-9-8-10(13-4-12-9)16(15-14-8)6-1-5(3-17)2-7(6)18/h4-7,17-18H,1-3H2,(H2,11,12,13). The van der Waals surface area contributed by atoms with Crippen LogP contribution in [0.2, 0.25) is 0 Å². The first-order chi connectivity index (χ1) is 8.70. The lowest BCUT2D eigenvalue weighted by molar-refractivity contribution is 0.127. The van der Waals surface area contributed by atoms with Gasteiger partial charge in [-0.1, -0.05) is 5.21 Å². The molecule has 18 heavy (non-hydrogen) atoms. The van der Waals surface area contributed by atoms with Crippen molar-refractivity contribution in [2.45, 2.75) is 25.0 Å². The van der Waals surface area contributed by atoms with Gasteiger partial charge < -0.3 is 15.9 Å². The molecule has 2 aromatic heterocycles. The van der Waals surface area contributed by atoms with Gasteiger partial charge in [0.15, 0.2) is 17.0 Å². The van der Waals surface area contributed by atoms with Crippen molar-refractivity contribution in [3.8, 4) is 0 Å². The molecule has 1 fully saturated rings. The van der Waals surface area contributed by atoms with E-state index in [1.807, 2.05) is 0 Å². The third kappa shape index (κ3) is 1.61. The quantitative estimate of drug-likeness (QED) is 0.631. The zero-order valence-electron chi connectivity index (χ0n) is 9.64. The van der Waals surface area contributed by atoms with Crippen LogP contribution in [0.15, 0.2) is 6.33 Å². The van der Waals surface area contributed by atoms with Gasteiger partial charge in [-0.2, -0.15) is 0 Å². The van der Waals surface area contributed by atoms with Crippen molar-refractivity contribution in [3.05, 3.63) is 6.33 Å².